The first kappa shape index (κ1) is 39.6. The number of carbonyl (C=O) groups is 3. The molecule has 1 rings (SSSR count). The summed E-state index contributed by atoms with van der Waals surface area (Å²) in [7, 11) is 0. The molecule has 7 heteroatoms. The van der Waals surface area contributed by atoms with Crippen LogP contribution in [0.15, 0.2) is 30.3 Å². The van der Waals surface area contributed by atoms with Gasteiger partial charge in [-0.1, -0.05) is 135 Å². The molecule has 1 aromatic rings. The number of aliphatic hydroxyl groups is 1. The molecular formula is C37H64N2O5. The highest BCUT2D eigenvalue weighted by Gasteiger charge is 2.32. The van der Waals surface area contributed by atoms with Crippen molar-refractivity contribution in [3.8, 4) is 0 Å². The van der Waals surface area contributed by atoms with Crippen LogP contribution < -0.4 is 10.6 Å². The Kier molecular flexibility index (Phi) is 22.4. The first-order valence-electron chi connectivity index (χ1n) is 17.7. The molecule has 0 aromatic heterocycles. The van der Waals surface area contributed by atoms with Crippen LogP contribution in [0.2, 0.25) is 0 Å². The summed E-state index contributed by atoms with van der Waals surface area (Å²) in [4.78, 5) is 37.9. The lowest BCUT2D eigenvalue weighted by atomic mass is 9.89. The number of hydrogen-bond acceptors (Lipinski definition) is 5. The van der Waals surface area contributed by atoms with Crippen molar-refractivity contribution in [3.05, 3.63) is 35.9 Å². The molecule has 0 saturated heterocycles. The molecule has 0 aliphatic heterocycles. The number of unbranched alkanes of at least 4 members (excludes halogenated alkanes) is 11. The molecule has 0 unspecified atom stereocenters. The Morgan fingerprint density at radius 2 is 1.34 bits per heavy atom. The van der Waals surface area contributed by atoms with Crippen molar-refractivity contribution >= 4 is 18.3 Å². The van der Waals surface area contributed by atoms with E-state index in [2.05, 4.69) is 24.5 Å². The third kappa shape index (κ3) is 17.8. The van der Waals surface area contributed by atoms with Crippen molar-refractivity contribution in [2.75, 3.05) is 0 Å². The van der Waals surface area contributed by atoms with Crippen LogP contribution in [0.5, 0.6) is 0 Å². The lowest BCUT2D eigenvalue weighted by Gasteiger charge is -2.28. The zero-order valence-electron chi connectivity index (χ0n) is 28.5. The van der Waals surface area contributed by atoms with Crippen LogP contribution >= 0.6 is 0 Å². The normalized spacial score (nSPS) is 14.8. The molecule has 44 heavy (non-hydrogen) atoms. The maximum atomic E-state index is 13.5. The zero-order chi connectivity index (χ0) is 32.6. The summed E-state index contributed by atoms with van der Waals surface area (Å²) in [5.41, 5.74) is 1.01. The van der Waals surface area contributed by atoms with E-state index in [0.29, 0.717) is 25.7 Å². The molecule has 0 radical (unpaired) electrons. The van der Waals surface area contributed by atoms with Crippen LogP contribution in [-0.2, 0) is 19.1 Å². The van der Waals surface area contributed by atoms with Gasteiger partial charge in [-0.15, -0.1) is 0 Å². The summed E-state index contributed by atoms with van der Waals surface area (Å²) in [6.07, 6.45) is 15.6. The zero-order valence-corrected chi connectivity index (χ0v) is 28.5. The number of nitrogens with one attached hydrogen (secondary N) is 2. The fourth-order valence-electron chi connectivity index (χ4n) is 5.81. The highest BCUT2D eigenvalue weighted by Crippen LogP contribution is 2.24. The maximum Gasteiger partial charge on any atom is 0.328 e. The van der Waals surface area contributed by atoms with Gasteiger partial charge >= 0.3 is 5.97 Å². The average Bonchev–Trinajstić information content (AvgIpc) is 2.99. The van der Waals surface area contributed by atoms with Gasteiger partial charge in [0, 0.05) is 6.42 Å². The third-order valence-corrected chi connectivity index (χ3v) is 8.51. The molecule has 0 aliphatic carbocycles. The fourth-order valence-corrected chi connectivity index (χ4v) is 5.81. The lowest BCUT2D eigenvalue weighted by molar-refractivity contribution is -0.155. The minimum Gasteiger partial charge on any atom is -0.461 e. The monoisotopic (exact) mass is 616 g/mol. The first-order chi connectivity index (χ1) is 21.2. The predicted molar refractivity (Wildman–Crippen MR) is 180 cm³/mol. The molecule has 0 bridgehead atoms. The summed E-state index contributed by atoms with van der Waals surface area (Å²) in [5, 5.41) is 17.2. The second-order valence-corrected chi connectivity index (χ2v) is 13.0. The van der Waals surface area contributed by atoms with Crippen molar-refractivity contribution in [1.82, 2.24) is 10.6 Å². The summed E-state index contributed by atoms with van der Waals surface area (Å²) in [6.45, 7) is 10.3. The van der Waals surface area contributed by atoms with Crippen LogP contribution in [0.25, 0.3) is 0 Å². The molecule has 0 fully saturated rings. The molecule has 7 nitrogen and oxygen atoms in total. The van der Waals surface area contributed by atoms with Crippen LogP contribution in [0.3, 0.4) is 0 Å². The molecule has 0 heterocycles. The molecule has 0 aliphatic rings. The number of ether oxygens (including phenoxy) is 1. The van der Waals surface area contributed by atoms with Crippen molar-refractivity contribution in [2.24, 2.45) is 11.8 Å². The van der Waals surface area contributed by atoms with Crippen LogP contribution in [0, 0.1) is 11.8 Å². The third-order valence-electron chi connectivity index (χ3n) is 8.51. The number of carbonyl (C=O) groups excluding carboxylic acids is 3. The Labute approximate surface area is 268 Å². The number of rotatable bonds is 27. The molecule has 5 atom stereocenters. The van der Waals surface area contributed by atoms with Gasteiger partial charge in [0.05, 0.1) is 18.1 Å². The SMILES string of the molecule is CCCCCCCCCCC[C@@H](C[C@H](O)[C@H](CCCCCC)C(=O)N[C@H](C)c1ccccc1)OC(=O)[C@H](CC(C)C)NC=O. The molecular weight excluding hydrogens is 552 g/mol. The Morgan fingerprint density at radius 3 is 1.91 bits per heavy atom. The second-order valence-electron chi connectivity index (χ2n) is 13.0. The van der Waals surface area contributed by atoms with Gasteiger partial charge in [-0.2, -0.15) is 0 Å². The van der Waals surface area contributed by atoms with Gasteiger partial charge in [0.25, 0.3) is 0 Å². The van der Waals surface area contributed by atoms with Crippen molar-refractivity contribution < 1.29 is 24.2 Å². The molecule has 0 saturated carbocycles. The number of hydrogen-bond donors (Lipinski definition) is 3. The van der Waals surface area contributed by atoms with E-state index >= 15 is 0 Å². The summed E-state index contributed by atoms with van der Waals surface area (Å²) < 4.78 is 5.98. The number of amides is 2. The van der Waals surface area contributed by atoms with E-state index in [1.165, 1.54) is 38.5 Å². The lowest BCUT2D eigenvalue weighted by Crippen LogP contribution is -2.43. The molecule has 1 aromatic carbocycles. The van der Waals surface area contributed by atoms with Gasteiger partial charge in [0.1, 0.15) is 12.1 Å². The van der Waals surface area contributed by atoms with E-state index in [4.69, 9.17) is 4.74 Å². The highest BCUT2D eigenvalue weighted by atomic mass is 16.5. The van der Waals surface area contributed by atoms with Gasteiger partial charge in [0.2, 0.25) is 12.3 Å². The quantitative estimate of drug-likeness (QED) is 0.0525. The number of benzene rings is 1. The van der Waals surface area contributed by atoms with Crippen molar-refractivity contribution in [2.45, 2.75) is 168 Å². The molecule has 2 amide bonds. The molecule has 0 spiro atoms. The Morgan fingerprint density at radius 1 is 0.795 bits per heavy atom. The largest absolute Gasteiger partial charge is 0.461 e. The van der Waals surface area contributed by atoms with Gasteiger partial charge in [-0.3, -0.25) is 9.59 Å². The van der Waals surface area contributed by atoms with Crippen LogP contribution in [0.1, 0.15) is 155 Å². The van der Waals surface area contributed by atoms with Crippen molar-refractivity contribution in [1.29, 1.82) is 0 Å². The smallest absolute Gasteiger partial charge is 0.328 e. The molecule has 252 valence electrons. The first-order valence-corrected chi connectivity index (χ1v) is 17.7. The van der Waals surface area contributed by atoms with Crippen LogP contribution in [-0.4, -0.2) is 41.6 Å². The average molecular weight is 617 g/mol. The fraction of sp³-hybridized carbons (Fsp3) is 0.757. The van der Waals surface area contributed by atoms with E-state index < -0.39 is 30.1 Å². The summed E-state index contributed by atoms with van der Waals surface area (Å²) in [5.74, 6) is -1.04. The topological polar surface area (TPSA) is 105 Å². The van der Waals surface area contributed by atoms with E-state index in [-0.39, 0.29) is 24.3 Å². The Hall–Kier alpha value is -2.41. The summed E-state index contributed by atoms with van der Waals surface area (Å²) in [6, 6.07) is 8.91. The molecule has 3 N–H and O–H groups in total. The minimum absolute atomic E-state index is 0.168. The number of aliphatic hydroxyl groups excluding tert-OH is 1. The van der Waals surface area contributed by atoms with E-state index in [0.717, 1.165) is 50.5 Å². The predicted octanol–water partition coefficient (Wildman–Crippen LogP) is 8.19. The maximum absolute atomic E-state index is 13.5. The van der Waals surface area contributed by atoms with Gasteiger partial charge in [0.15, 0.2) is 0 Å². The van der Waals surface area contributed by atoms with Gasteiger partial charge in [-0.05, 0) is 44.1 Å². The van der Waals surface area contributed by atoms with E-state index in [9.17, 15) is 19.5 Å². The highest BCUT2D eigenvalue weighted by molar-refractivity contribution is 5.80. The standard InChI is InChI=1S/C37H64N2O5/c1-6-8-10-12-13-14-15-16-20-24-32(44-37(43)34(38-28-40)26-29(3)4)27-35(41)33(25-21-11-9-7-2)36(42)39-30(5)31-22-18-17-19-23-31/h17-19,22-23,28-30,32-35,41H,6-16,20-21,24-27H2,1-5H3,(H,38,40)(H,39,42)/t30-,32+,33+,34+,35+/m1/s1. The van der Waals surface area contributed by atoms with Gasteiger partial charge in [-0.25, -0.2) is 4.79 Å². The van der Waals surface area contributed by atoms with E-state index in [1.54, 1.807) is 0 Å². The Bertz CT molecular complexity index is 878. The van der Waals surface area contributed by atoms with Crippen molar-refractivity contribution in [3.63, 3.8) is 0 Å². The Balaban J connectivity index is 2.95. The minimum atomic E-state index is -0.946. The second kappa shape index (κ2) is 24.9. The van der Waals surface area contributed by atoms with E-state index in [1.807, 2.05) is 51.1 Å². The van der Waals surface area contributed by atoms with Crippen LogP contribution in [0.4, 0.5) is 0 Å². The van der Waals surface area contributed by atoms with Gasteiger partial charge < -0.3 is 20.5 Å². The number of esters is 1. The summed E-state index contributed by atoms with van der Waals surface area (Å²) >= 11 is 0.